The molecule has 3 amide bonds. The molecule has 19 nitrogen and oxygen atoms in total. The van der Waals surface area contributed by atoms with E-state index in [2.05, 4.69) is 27.5 Å². The van der Waals surface area contributed by atoms with Crippen LogP contribution in [0.25, 0.3) is 0 Å². The molecule has 1 aliphatic heterocycles. The van der Waals surface area contributed by atoms with Crippen molar-refractivity contribution in [2.75, 3.05) is 24.6 Å². The van der Waals surface area contributed by atoms with Crippen LogP contribution in [0, 0.1) is 11.8 Å². The molecule has 5 unspecified atom stereocenters. The van der Waals surface area contributed by atoms with Crippen LogP contribution in [0.5, 0.6) is 0 Å². The molecule has 21 heteroatoms. The number of carbonyl (C=O) groups is 6. The van der Waals surface area contributed by atoms with E-state index in [1.54, 1.807) is 0 Å². The molecule has 0 saturated carbocycles. The summed E-state index contributed by atoms with van der Waals surface area (Å²) < 4.78 is 6.52. The highest BCUT2D eigenvalue weighted by molar-refractivity contribution is 8.77. The number of nitrogens with two attached hydrogens (primary N) is 1. The molecule has 1 saturated heterocycles. The van der Waals surface area contributed by atoms with Crippen molar-refractivity contribution in [3.63, 3.8) is 0 Å². The zero-order valence-corrected chi connectivity index (χ0v) is 30.2. The maximum Gasteiger partial charge on any atom is 0.351 e. The first kappa shape index (κ1) is 43.8. The molecular formula is C31H44N6O13S2. The third-order valence-electron chi connectivity index (χ3n) is 7.41. The Bertz CT molecular complexity index is 1580. The number of carboxylic acids is 3. The number of aliphatic hydroxyl groups is 2. The lowest BCUT2D eigenvalue weighted by atomic mass is 10.0. The van der Waals surface area contributed by atoms with E-state index < -0.39 is 78.8 Å². The van der Waals surface area contributed by atoms with Crippen LogP contribution in [0.15, 0.2) is 11.0 Å². The Morgan fingerprint density at radius 3 is 2.38 bits per heavy atom. The topological polar surface area (TPSA) is 310 Å². The SMILES string of the molecule is CC(C)(CCCC(=O)NC(CC(=O)O)C(=O)NC(CC(=O)O)C(=O)O)SSCCC(=O)NCC#Cc1cn(C2CC(O)C(CCO)O2)c(=O)nc1N. The number of aromatic nitrogens is 2. The van der Waals surface area contributed by atoms with Gasteiger partial charge in [-0.2, -0.15) is 4.98 Å². The first-order valence-corrected chi connectivity index (χ1v) is 18.4. The van der Waals surface area contributed by atoms with Gasteiger partial charge < -0.3 is 52.0 Å². The van der Waals surface area contributed by atoms with Crippen molar-refractivity contribution >= 4 is 63.0 Å². The molecule has 0 aliphatic carbocycles. The summed E-state index contributed by atoms with van der Waals surface area (Å²) in [7, 11) is 2.95. The van der Waals surface area contributed by atoms with Crippen LogP contribution >= 0.6 is 21.6 Å². The average Bonchev–Trinajstić information content (AvgIpc) is 3.40. The second-order valence-corrected chi connectivity index (χ2v) is 15.4. The summed E-state index contributed by atoms with van der Waals surface area (Å²) in [6, 6.07) is -3.42. The van der Waals surface area contributed by atoms with Crippen molar-refractivity contribution in [3.05, 3.63) is 22.2 Å². The van der Waals surface area contributed by atoms with Gasteiger partial charge >= 0.3 is 23.6 Å². The van der Waals surface area contributed by atoms with Crippen LogP contribution in [0.2, 0.25) is 0 Å². The number of aliphatic carboxylic acids is 3. The van der Waals surface area contributed by atoms with E-state index in [1.807, 2.05) is 19.2 Å². The Labute approximate surface area is 306 Å². The van der Waals surface area contributed by atoms with E-state index in [4.69, 9.17) is 30.9 Å². The smallest absolute Gasteiger partial charge is 0.351 e. The molecule has 0 aromatic carbocycles. The van der Waals surface area contributed by atoms with Crippen LogP contribution in [0.3, 0.4) is 0 Å². The predicted octanol–water partition coefficient (Wildman–Crippen LogP) is -0.952. The number of amides is 3. The van der Waals surface area contributed by atoms with E-state index in [0.717, 1.165) is 0 Å². The Morgan fingerprint density at radius 1 is 1.08 bits per heavy atom. The number of nitrogens with zero attached hydrogens (tertiary/aromatic N) is 2. The first-order chi connectivity index (χ1) is 24.4. The van der Waals surface area contributed by atoms with Gasteiger partial charge in [-0.3, -0.25) is 28.5 Å². The van der Waals surface area contributed by atoms with Gasteiger partial charge in [-0.05, 0) is 33.1 Å². The molecule has 1 aromatic rings. The minimum Gasteiger partial charge on any atom is -0.481 e. The molecule has 5 atom stereocenters. The molecule has 1 fully saturated rings. The number of nitrogen functional groups attached to an aromatic ring is 1. The van der Waals surface area contributed by atoms with Crippen molar-refractivity contribution in [3.8, 4) is 11.8 Å². The summed E-state index contributed by atoms with van der Waals surface area (Å²) in [6.45, 7) is 3.69. The van der Waals surface area contributed by atoms with Gasteiger partial charge in [0.25, 0.3) is 0 Å². The number of hydrogen-bond acceptors (Lipinski definition) is 14. The third-order valence-corrected chi connectivity index (χ3v) is 10.8. The number of nitrogens with one attached hydrogen (secondary N) is 3. The second kappa shape index (κ2) is 21.2. The van der Waals surface area contributed by atoms with E-state index in [-0.39, 0.29) is 60.9 Å². The third kappa shape index (κ3) is 15.5. The summed E-state index contributed by atoms with van der Waals surface area (Å²) in [5, 5.41) is 53.2. The molecule has 0 spiro atoms. The molecule has 0 radical (unpaired) electrons. The van der Waals surface area contributed by atoms with Crippen molar-refractivity contribution in [2.45, 2.75) is 100 Å². The second-order valence-electron chi connectivity index (χ2n) is 12.2. The summed E-state index contributed by atoms with van der Waals surface area (Å²) in [5.41, 5.74) is 5.40. The Kier molecular flexibility index (Phi) is 17.9. The number of anilines is 1. The largest absolute Gasteiger partial charge is 0.481 e. The highest BCUT2D eigenvalue weighted by atomic mass is 33.1. The highest BCUT2D eigenvalue weighted by Gasteiger charge is 2.35. The quantitative estimate of drug-likeness (QED) is 0.0413. The highest BCUT2D eigenvalue weighted by Crippen LogP contribution is 2.39. The van der Waals surface area contributed by atoms with E-state index >= 15 is 0 Å². The minimum absolute atomic E-state index is 0.00254. The monoisotopic (exact) mass is 772 g/mol. The number of rotatable bonds is 21. The van der Waals surface area contributed by atoms with Gasteiger partial charge in [-0.15, -0.1) is 0 Å². The lowest BCUT2D eigenvalue weighted by Crippen LogP contribution is -2.52. The normalized spacial score (nSPS) is 18.0. The van der Waals surface area contributed by atoms with Crippen molar-refractivity contribution in [1.82, 2.24) is 25.5 Å². The van der Waals surface area contributed by atoms with Crippen LogP contribution in [-0.2, 0) is 33.5 Å². The van der Waals surface area contributed by atoms with E-state index in [1.165, 1.54) is 32.4 Å². The van der Waals surface area contributed by atoms with Gasteiger partial charge in [0, 0.05) is 42.6 Å². The maximum absolute atomic E-state index is 12.5. The Balaban J connectivity index is 1.75. The maximum atomic E-state index is 12.5. The lowest BCUT2D eigenvalue weighted by molar-refractivity contribution is -0.148. The van der Waals surface area contributed by atoms with Crippen molar-refractivity contribution in [2.24, 2.45) is 0 Å². The van der Waals surface area contributed by atoms with Gasteiger partial charge in [0.2, 0.25) is 17.7 Å². The fraction of sp³-hybridized carbons (Fsp3) is 0.613. The number of carboxylic acid groups (broad SMARTS) is 3. The van der Waals surface area contributed by atoms with Gasteiger partial charge in [-0.25, -0.2) is 9.59 Å². The number of ether oxygens (including phenoxy) is 1. The molecule has 2 heterocycles. The van der Waals surface area contributed by atoms with Crippen LogP contribution in [-0.4, -0.2) is 119 Å². The molecule has 52 heavy (non-hydrogen) atoms. The molecule has 1 aliphatic rings. The summed E-state index contributed by atoms with van der Waals surface area (Å²) in [6.07, 6.45) is -1.33. The predicted molar refractivity (Wildman–Crippen MR) is 188 cm³/mol. The van der Waals surface area contributed by atoms with Gasteiger partial charge in [-0.1, -0.05) is 33.4 Å². The summed E-state index contributed by atoms with van der Waals surface area (Å²) >= 11 is 0. The molecule has 0 bridgehead atoms. The Morgan fingerprint density at radius 2 is 1.75 bits per heavy atom. The summed E-state index contributed by atoms with van der Waals surface area (Å²) in [5.74, 6) is -0.697. The lowest BCUT2D eigenvalue weighted by Gasteiger charge is -2.23. The minimum atomic E-state index is -1.81. The fourth-order valence-corrected chi connectivity index (χ4v) is 7.38. The fourth-order valence-electron chi connectivity index (χ4n) is 4.78. The molecule has 288 valence electrons. The van der Waals surface area contributed by atoms with E-state index in [9.17, 15) is 38.7 Å². The number of carbonyl (C=O) groups excluding carboxylic acids is 3. The molecule has 2 rings (SSSR count). The van der Waals surface area contributed by atoms with Gasteiger partial charge in [0.05, 0.1) is 37.2 Å². The number of hydrogen-bond donors (Lipinski definition) is 9. The van der Waals surface area contributed by atoms with Crippen LogP contribution in [0.4, 0.5) is 5.82 Å². The summed E-state index contributed by atoms with van der Waals surface area (Å²) in [4.78, 5) is 86.7. The zero-order valence-electron chi connectivity index (χ0n) is 28.5. The van der Waals surface area contributed by atoms with Crippen LogP contribution < -0.4 is 27.4 Å². The van der Waals surface area contributed by atoms with Crippen LogP contribution in [0.1, 0.15) is 77.0 Å². The molecule has 10 N–H and O–H groups in total. The average molecular weight is 773 g/mol. The van der Waals surface area contributed by atoms with Gasteiger partial charge in [0.1, 0.15) is 24.1 Å². The molecule has 1 aromatic heterocycles. The van der Waals surface area contributed by atoms with Crippen molar-refractivity contribution < 1.29 is 59.0 Å². The van der Waals surface area contributed by atoms with Gasteiger partial charge in [0.15, 0.2) is 0 Å². The standard InChI is InChI=1S/C31H44N6O13S2/c1-31(2,9-3-6-23(41)34-18(13-25(42)43)28(46)35-19(29(47)48)14-26(44)45)52-51-12-8-22(40)33-10-4-5-17-16-37(30(49)36-27(17)32)24-15-20(39)21(50-24)7-11-38/h16,18-21,24,38-39H,3,6-15H2,1-2H3,(H,33,40)(H,34,41)(H,35,46)(H,42,43)(H,44,45)(H,47,48)(H2,32,36,49). The Hall–Kier alpha value is -4.36. The zero-order chi connectivity index (χ0) is 39.0. The first-order valence-electron chi connectivity index (χ1n) is 16.1. The van der Waals surface area contributed by atoms with E-state index in [0.29, 0.717) is 18.6 Å². The van der Waals surface area contributed by atoms with Crippen molar-refractivity contribution in [1.29, 1.82) is 0 Å². The molecular weight excluding hydrogens is 729 g/mol. The number of aliphatic hydroxyl groups excluding tert-OH is 2.